The fourth-order valence-electron chi connectivity index (χ4n) is 2.44. The zero-order valence-corrected chi connectivity index (χ0v) is 13.5. The molecule has 0 amide bonds. The van der Waals surface area contributed by atoms with Crippen LogP contribution in [0.3, 0.4) is 0 Å². The van der Waals surface area contributed by atoms with E-state index >= 15 is 0 Å². The van der Waals surface area contributed by atoms with E-state index in [2.05, 4.69) is 40.2 Å². The van der Waals surface area contributed by atoms with Gasteiger partial charge >= 0.3 is 0 Å². The first-order valence-corrected chi connectivity index (χ1v) is 7.87. The Balaban J connectivity index is 1.72. The van der Waals surface area contributed by atoms with Crippen molar-refractivity contribution in [2.45, 2.75) is 19.3 Å². The van der Waals surface area contributed by atoms with Gasteiger partial charge in [0.1, 0.15) is 5.75 Å². The van der Waals surface area contributed by atoms with Crippen molar-refractivity contribution in [3.8, 4) is 5.75 Å². The maximum atomic E-state index is 5.95. The molecule has 104 valence electrons. The van der Waals surface area contributed by atoms with Gasteiger partial charge in [0.2, 0.25) is 0 Å². The van der Waals surface area contributed by atoms with Crippen molar-refractivity contribution in [3.63, 3.8) is 0 Å². The monoisotopic (exact) mass is 349 g/mol. The van der Waals surface area contributed by atoms with Gasteiger partial charge in [0, 0.05) is 16.3 Å². The Morgan fingerprint density at radius 2 is 1.90 bits per heavy atom. The third-order valence-corrected chi connectivity index (χ3v) is 4.46. The van der Waals surface area contributed by atoms with E-state index in [4.69, 9.17) is 22.7 Å². The van der Waals surface area contributed by atoms with Crippen LogP contribution in [0.25, 0.3) is 10.8 Å². The Morgan fingerprint density at radius 3 is 2.60 bits per heavy atom. The first-order chi connectivity index (χ1) is 9.56. The van der Waals surface area contributed by atoms with E-state index in [0.29, 0.717) is 11.6 Å². The van der Waals surface area contributed by atoms with Crippen LogP contribution in [0.1, 0.15) is 19.3 Å². The van der Waals surface area contributed by atoms with Crippen LogP contribution >= 0.6 is 28.1 Å². The SMILES string of the molecule is NC(=S)CC1(COc2ccc3cc(Br)ccc3c2)CC1. The molecule has 20 heavy (non-hydrogen) atoms. The third kappa shape index (κ3) is 3.13. The molecule has 2 N–H and O–H groups in total. The molecule has 1 aliphatic carbocycles. The minimum absolute atomic E-state index is 0.195. The maximum Gasteiger partial charge on any atom is 0.119 e. The van der Waals surface area contributed by atoms with Crippen LogP contribution < -0.4 is 10.5 Å². The molecule has 0 radical (unpaired) electrons. The molecule has 1 saturated carbocycles. The number of nitrogens with two attached hydrogens (primary N) is 1. The fourth-order valence-corrected chi connectivity index (χ4v) is 3.12. The van der Waals surface area contributed by atoms with E-state index in [1.165, 1.54) is 10.8 Å². The van der Waals surface area contributed by atoms with Crippen LogP contribution in [-0.4, -0.2) is 11.6 Å². The molecule has 2 nitrogen and oxygen atoms in total. The van der Waals surface area contributed by atoms with E-state index in [1.807, 2.05) is 12.1 Å². The summed E-state index contributed by atoms with van der Waals surface area (Å²) >= 11 is 8.49. The predicted molar refractivity (Wildman–Crippen MR) is 90.2 cm³/mol. The maximum absolute atomic E-state index is 5.95. The molecule has 0 spiro atoms. The molecule has 0 aliphatic heterocycles. The molecule has 0 unspecified atom stereocenters. The molecule has 0 aromatic heterocycles. The van der Waals surface area contributed by atoms with Gasteiger partial charge in [-0.3, -0.25) is 0 Å². The second-order valence-corrected chi connectivity index (χ2v) is 7.03. The van der Waals surface area contributed by atoms with Crippen LogP contribution in [0.4, 0.5) is 0 Å². The second kappa shape index (κ2) is 5.34. The summed E-state index contributed by atoms with van der Waals surface area (Å²) in [4.78, 5) is 0.592. The lowest BCUT2D eigenvalue weighted by molar-refractivity contribution is 0.239. The van der Waals surface area contributed by atoms with Crippen LogP contribution in [0, 0.1) is 5.41 Å². The van der Waals surface area contributed by atoms with Crippen molar-refractivity contribution in [1.82, 2.24) is 0 Å². The number of hydrogen-bond acceptors (Lipinski definition) is 2. The molecule has 0 saturated heterocycles. The van der Waals surface area contributed by atoms with Crippen molar-refractivity contribution in [2.75, 3.05) is 6.61 Å². The molecule has 2 aromatic carbocycles. The van der Waals surface area contributed by atoms with E-state index in [9.17, 15) is 0 Å². The summed E-state index contributed by atoms with van der Waals surface area (Å²) in [5, 5.41) is 2.39. The number of ether oxygens (including phenoxy) is 1. The largest absolute Gasteiger partial charge is 0.493 e. The van der Waals surface area contributed by atoms with Gasteiger partial charge in [-0.15, -0.1) is 0 Å². The van der Waals surface area contributed by atoms with E-state index in [1.54, 1.807) is 0 Å². The summed E-state index contributed by atoms with van der Waals surface area (Å²) in [7, 11) is 0. The second-order valence-electron chi connectivity index (χ2n) is 5.59. The van der Waals surface area contributed by atoms with Crippen LogP contribution in [-0.2, 0) is 0 Å². The lowest BCUT2D eigenvalue weighted by Crippen LogP contribution is -2.20. The van der Waals surface area contributed by atoms with Crippen molar-refractivity contribution >= 4 is 43.9 Å². The molecule has 1 fully saturated rings. The van der Waals surface area contributed by atoms with Gasteiger partial charge in [-0.1, -0.05) is 40.3 Å². The number of halogens is 1. The van der Waals surface area contributed by atoms with E-state index in [-0.39, 0.29) is 5.41 Å². The topological polar surface area (TPSA) is 35.2 Å². The van der Waals surface area contributed by atoms with Crippen LogP contribution in [0.15, 0.2) is 40.9 Å². The van der Waals surface area contributed by atoms with Gasteiger partial charge in [-0.05, 0) is 47.9 Å². The number of thiocarbonyl (C=S) groups is 1. The van der Waals surface area contributed by atoms with Crippen LogP contribution in [0.5, 0.6) is 5.75 Å². The molecule has 0 heterocycles. The van der Waals surface area contributed by atoms with Gasteiger partial charge in [0.25, 0.3) is 0 Å². The lowest BCUT2D eigenvalue weighted by atomic mass is 10.0. The number of benzene rings is 2. The summed E-state index contributed by atoms with van der Waals surface area (Å²) in [6.07, 6.45) is 3.11. The Labute approximate surface area is 132 Å². The van der Waals surface area contributed by atoms with Gasteiger partial charge in [0.15, 0.2) is 0 Å². The highest BCUT2D eigenvalue weighted by molar-refractivity contribution is 9.10. The van der Waals surface area contributed by atoms with E-state index in [0.717, 1.165) is 29.5 Å². The highest BCUT2D eigenvalue weighted by atomic mass is 79.9. The quantitative estimate of drug-likeness (QED) is 0.810. The van der Waals surface area contributed by atoms with Gasteiger partial charge in [-0.25, -0.2) is 0 Å². The van der Waals surface area contributed by atoms with E-state index < -0.39 is 0 Å². The summed E-state index contributed by atoms with van der Waals surface area (Å²) in [6, 6.07) is 12.4. The first kappa shape index (κ1) is 13.8. The molecule has 4 heteroatoms. The predicted octanol–water partition coefficient (Wildman–Crippen LogP) is 4.44. The normalized spacial score (nSPS) is 16.1. The summed E-state index contributed by atoms with van der Waals surface area (Å²) < 4.78 is 7.04. The Morgan fingerprint density at radius 1 is 1.20 bits per heavy atom. The summed E-state index contributed by atoms with van der Waals surface area (Å²) in [5.74, 6) is 0.911. The highest BCUT2D eigenvalue weighted by Gasteiger charge is 2.43. The fraction of sp³-hybridized carbons (Fsp3) is 0.312. The van der Waals surface area contributed by atoms with Crippen molar-refractivity contribution in [2.24, 2.45) is 11.1 Å². The molecule has 3 rings (SSSR count). The van der Waals surface area contributed by atoms with Gasteiger partial charge < -0.3 is 10.5 Å². The average molecular weight is 350 g/mol. The zero-order chi connectivity index (χ0) is 14.2. The molecule has 0 bridgehead atoms. The number of rotatable bonds is 5. The van der Waals surface area contributed by atoms with Crippen molar-refractivity contribution in [1.29, 1.82) is 0 Å². The minimum Gasteiger partial charge on any atom is -0.493 e. The molecule has 2 aromatic rings. The smallest absolute Gasteiger partial charge is 0.119 e. The van der Waals surface area contributed by atoms with Gasteiger partial charge in [-0.2, -0.15) is 0 Å². The van der Waals surface area contributed by atoms with Crippen molar-refractivity contribution < 1.29 is 4.74 Å². The first-order valence-electron chi connectivity index (χ1n) is 6.67. The third-order valence-electron chi connectivity index (χ3n) is 3.83. The number of hydrogen-bond donors (Lipinski definition) is 1. The summed E-state index contributed by atoms with van der Waals surface area (Å²) in [6.45, 7) is 0.701. The standard InChI is InChI=1S/C16H16BrNOS/c17-13-3-1-12-8-14(4-2-11(12)7-13)19-10-16(5-6-16)9-15(18)20/h1-4,7-8H,5-6,9-10H2,(H2,18,20). The van der Waals surface area contributed by atoms with Crippen LogP contribution in [0.2, 0.25) is 0 Å². The molecular weight excluding hydrogens is 334 g/mol. The molecule has 1 aliphatic rings. The lowest BCUT2D eigenvalue weighted by Gasteiger charge is -2.15. The Kier molecular flexibility index (Phi) is 3.69. The average Bonchev–Trinajstić information content (AvgIpc) is 3.15. The minimum atomic E-state index is 0.195. The Hall–Kier alpha value is -1.13. The summed E-state index contributed by atoms with van der Waals surface area (Å²) in [5.41, 5.74) is 5.84. The molecule has 0 atom stereocenters. The molecular formula is C16H16BrNOS. The highest BCUT2D eigenvalue weighted by Crippen LogP contribution is 2.49. The van der Waals surface area contributed by atoms with Crippen molar-refractivity contribution in [3.05, 3.63) is 40.9 Å². The van der Waals surface area contributed by atoms with Gasteiger partial charge in [0.05, 0.1) is 11.6 Å². The number of fused-ring (bicyclic) bond motifs is 1. The Bertz CT molecular complexity index is 667. The zero-order valence-electron chi connectivity index (χ0n) is 11.1.